The summed E-state index contributed by atoms with van der Waals surface area (Å²) in [5, 5.41) is 11.6. The number of benzene rings is 1. The highest BCUT2D eigenvalue weighted by Gasteiger charge is 2.02. The van der Waals surface area contributed by atoms with Crippen LogP contribution in [0.4, 0.5) is 0 Å². The van der Waals surface area contributed by atoms with Crippen molar-refractivity contribution < 1.29 is 9.94 Å². The molecule has 0 bridgehead atoms. The molecule has 0 unspecified atom stereocenters. The van der Waals surface area contributed by atoms with Gasteiger partial charge in [0, 0.05) is 10.0 Å². The predicted molar refractivity (Wildman–Crippen MR) is 73.2 cm³/mol. The summed E-state index contributed by atoms with van der Waals surface area (Å²) in [6, 6.07) is 5.65. The summed E-state index contributed by atoms with van der Waals surface area (Å²) in [5.41, 5.74) is 0.775. The second-order valence-corrected chi connectivity index (χ2v) is 4.75. The summed E-state index contributed by atoms with van der Waals surface area (Å²) < 4.78 is 6.60. The lowest BCUT2D eigenvalue weighted by atomic mass is 10.2. The third-order valence-corrected chi connectivity index (χ3v) is 2.92. The number of halogens is 1. The van der Waals surface area contributed by atoms with Gasteiger partial charge in [-0.2, -0.15) is 0 Å². The van der Waals surface area contributed by atoms with E-state index in [0.29, 0.717) is 6.61 Å². The van der Waals surface area contributed by atoms with Crippen molar-refractivity contribution in [2.75, 3.05) is 6.61 Å². The lowest BCUT2D eigenvalue weighted by Gasteiger charge is -2.09. The Bertz CT molecular complexity index is 366. The van der Waals surface area contributed by atoms with Crippen LogP contribution in [0.2, 0.25) is 0 Å². The van der Waals surface area contributed by atoms with Gasteiger partial charge in [0.1, 0.15) is 5.75 Å². The molecule has 3 nitrogen and oxygen atoms in total. The molecule has 0 aromatic heterocycles. The van der Waals surface area contributed by atoms with Gasteiger partial charge in [0.05, 0.1) is 12.8 Å². The molecule has 1 aromatic rings. The molecule has 0 amide bonds. The quantitative estimate of drug-likeness (QED) is 0.354. The van der Waals surface area contributed by atoms with Crippen molar-refractivity contribution in [3.63, 3.8) is 0 Å². The van der Waals surface area contributed by atoms with E-state index in [2.05, 4.69) is 28.0 Å². The maximum Gasteiger partial charge on any atom is 0.128 e. The van der Waals surface area contributed by atoms with Crippen LogP contribution in [0.15, 0.2) is 27.8 Å². The molecule has 17 heavy (non-hydrogen) atoms. The lowest BCUT2D eigenvalue weighted by molar-refractivity contribution is 0.303. The molecule has 1 rings (SSSR count). The van der Waals surface area contributed by atoms with Gasteiger partial charge in [0.15, 0.2) is 0 Å². The number of rotatable bonds is 7. The minimum atomic E-state index is 0.702. The van der Waals surface area contributed by atoms with Gasteiger partial charge >= 0.3 is 0 Å². The standard InChI is InChI=1S/C13H18BrNO2/c1-2-3-4-5-8-17-13-7-6-12(14)9-11(13)10-15-16/h6-7,9-10,16H,2-5,8H2,1H3/b15-10+. The molecule has 0 radical (unpaired) electrons. The Labute approximate surface area is 111 Å². The van der Waals surface area contributed by atoms with Crippen LogP contribution in [0.1, 0.15) is 38.2 Å². The Morgan fingerprint density at radius 3 is 2.88 bits per heavy atom. The maximum atomic E-state index is 8.58. The van der Waals surface area contributed by atoms with Crippen LogP contribution in [-0.4, -0.2) is 18.0 Å². The van der Waals surface area contributed by atoms with E-state index < -0.39 is 0 Å². The Kier molecular flexibility index (Phi) is 6.70. The van der Waals surface area contributed by atoms with E-state index in [0.717, 1.165) is 22.2 Å². The average molecular weight is 300 g/mol. The molecular formula is C13H18BrNO2. The second kappa shape index (κ2) is 8.12. The van der Waals surface area contributed by atoms with E-state index in [1.807, 2.05) is 18.2 Å². The zero-order valence-electron chi connectivity index (χ0n) is 10.0. The molecule has 1 aromatic carbocycles. The normalized spacial score (nSPS) is 10.9. The number of ether oxygens (including phenoxy) is 1. The molecular weight excluding hydrogens is 282 g/mol. The molecule has 0 aliphatic carbocycles. The SMILES string of the molecule is CCCCCCOc1ccc(Br)cc1/C=N/O. The van der Waals surface area contributed by atoms with Gasteiger partial charge in [-0.05, 0) is 24.6 Å². The summed E-state index contributed by atoms with van der Waals surface area (Å²) in [4.78, 5) is 0. The Balaban J connectivity index is 2.51. The third kappa shape index (κ3) is 5.22. The van der Waals surface area contributed by atoms with Crippen LogP contribution in [-0.2, 0) is 0 Å². The van der Waals surface area contributed by atoms with E-state index in [4.69, 9.17) is 9.94 Å². The van der Waals surface area contributed by atoms with Gasteiger partial charge in [-0.3, -0.25) is 0 Å². The number of hydrogen-bond acceptors (Lipinski definition) is 3. The van der Waals surface area contributed by atoms with Gasteiger partial charge in [-0.15, -0.1) is 0 Å². The van der Waals surface area contributed by atoms with E-state index in [1.54, 1.807) is 0 Å². The predicted octanol–water partition coefficient (Wildman–Crippen LogP) is 4.22. The lowest BCUT2D eigenvalue weighted by Crippen LogP contribution is -2.00. The van der Waals surface area contributed by atoms with E-state index in [-0.39, 0.29) is 0 Å². The third-order valence-electron chi connectivity index (χ3n) is 2.42. The fourth-order valence-electron chi connectivity index (χ4n) is 1.52. The average Bonchev–Trinajstić information content (AvgIpc) is 2.32. The van der Waals surface area contributed by atoms with Crippen molar-refractivity contribution in [3.05, 3.63) is 28.2 Å². The van der Waals surface area contributed by atoms with Crippen molar-refractivity contribution in [2.24, 2.45) is 5.16 Å². The molecule has 0 aliphatic rings. The largest absolute Gasteiger partial charge is 0.493 e. The molecule has 0 heterocycles. The fraction of sp³-hybridized carbons (Fsp3) is 0.462. The van der Waals surface area contributed by atoms with Crippen LogP contribution >= 0.6 is 15.9 Å². The molecule has 94 valence electrons. The van der Waals surface area contributed by atoms with Crippen molar-refractivity contribution in [1.29, 1.82) is 0 Å². The van der Waals surface area contributed by atoms with Gasteiger partial charge < -0.3 is 9.94 Å². The highest BCUT2D eigenvalue weighted by molar-refractivity contribution is 9.10. The van der Waals surface area contributed by atoms with Crippen molar-refractivity contribution >= 4 is 22.1 Å². The number of nitrogens with zero attached hydrogens (tertiary/aromatic N) is 1. The summed E-state index contributed by atoms with van der Waals surface area (Å²) in [7, 11) is 0. The second-order valence-electron chi connectivity index (χ2n) is 3.84. The Morgan fingerprint density at radius 2 is 2.18 bits per heavy atom. The highest BCUT2D eigenvalue weighted by Crippen LogP contribution is 2.22. The molecule has 0 aliphatic heterocycles. The minimum Gasteiger partial charge on any atom is -0.493 e. The fourth-order valence-corrected chi connectivity index (χ4v) is 1.90. The minimum absolute atomic E-state index is 0.702. The molecule has 4 heteroatoms. The molecule has 0 spiro atoms. The molecule has 0 saturated heterocycles. The smallest absolute Gasteiger partial charge is 0.128 e. The number of oxime groups is 1. The molecule has 0 saturated carbocycles. The highest BCUT2D eigenvalue weighted by atomic mass is 79.9. The first-order chi connectivity index (χ1) is 8.27. The van der Waals surface area contributed by atoms with Crippen LogP contribution in [0, 0.1) is 0 Å². The molecule has 1 N–H and O–H groups in total. The van der Waals surface area contributed by atoms with Crippen molar-refractivity contribution in [2.45, 2.75) is 32.6 Å². The van der Waals surface area contributed by atoms with E-state index >= 15 is 0 Å². The summed E-state index contributed by atoms with van der Waals surface area (Å²) >= 11 is 3.37. The van der Waals surface area contributed by atoms with Crippen molar-refractivity contribution in [1.82, 2.24) is 0 Å². The van der Waals surface area contributed by atoms with Gasteiger partial charge in [0.2, 0.25) is 0 Å². The Morgan fingerprint density at radius 1 is 1.35 bits per heavy atom. The van der Waals surface area contributed by atoms with Crippen LogP contribution in [0.3, 0.4) is 0 Å². The van der Waals surface area contributed by atoms with Crippen LogP contribution in [0.25, 0.3) is 0 Å². The molecule has 0 atom stereocenters. The van der Waals surface area contributed by atoms with Crippen molar-refractivity contribution in [3.8, 4) is 5.75 Å². The number of hydrogen-bond donors (Lipinski definition) is 1. The first kappa shape index (κ1) is 14.0. The van der Waals surface area contributed by atoms with E-state index in [9.17, 15) is 0 Å². The van der Waals surface area contributed by atoms with Crippen LogP contribution in [0.5, 0.6) is 5.75 Å². The summed E-state index contributed by atoms with van der Waals surface area (Å²) in [6.07, 6.45) is 6.09. The van der Waals surface area contributed by atoms with E-state index in [1.165, 1.54) is 25.5 Å². The Hall–Kier alpha value is -1.03. The van der Waals surface area contributed by atoms with Crippen LogP contribution < -0.4 is 4.74 Å². The topological polar surface area (TPSA) is 41.8 Å². The summed E-state index contributed by atoms with van der Waals surface area (Å²) in [5.74, 6) is 0.752. The number of unbranched alkanes of at least 4 members (excludes halogenated alkanes) is 3. The van der Waals surface area contributed by atoms with Gasteiger partial charge in [-0.25, -0.2) is 0 Å². The maximum absolute atomic E-state index is 8.58. The van der Waals surface area contributed by atoms with Gasteiger partial charge in [0.25, 0.3) is 0 Å². The first-order valence-corrected chi connectivity index (χ1v) is 6.67. The van der Waals surface area contributed by atoms with Gasteiger partial charge in [-0.1, -0.05) is 47.3 Å². The zero-order chi connectivity index (χ0) is 12.5. The zero-order valence-corrected chi connectivity index (χ0v) is 11.6. The summed E-state index contributed by atoms with van der Waals surface area (Å²) in [6.45, 7) is 2.89. The monoisotopic (exact) mass is 299 g/mol. The first-order valence-electron chi connectivity index (χ1n) is 5.87. The molecule has 0 fully saturated rings.